The van der Waals surface area contributed by atoms with Gasteiger partial charge in [-0.25, -0.2) is 0 Å². The monoisotopic (exact) mass is 1250 g/mol. The Labute approximate surface area is 565 Å². The number of para-hydroxylation sites is 5. The van der Waals surface area contributed by atoms with Gasteiger partial charge in [0.05, 0.1) is 83.4 Å². The van der Waals surface area contributed by atoms with Crippen molar-refractivity contribution in [3.8, 4) is 91.5 Å². The summed E-state index contributed by atoms with van der Waals surface area (Å²) in [5, 5.41) is 52.3. The SMILES string of the molecule is Cc1c(C#N)c(-n2c3ccccc3c3cc4c(cc32)C(C)(C)c2ccccc2-4)c(C)c(-n2c3ccccc3c3cc4c(cc32)C(C)(C)c2cc(-c3ccc5c6cc(-c7ccc8c(c7)c7ccccc7n8-c7c(C#N)cccc7C#N)ccc6n(-c6ccccc6)c5c3)ccc2-4)c1C#N. The molecule has 0 N–H and O–H groups in total. The van der Waals surface area contributed by atoms with Gasteiger partial charge in [0.15, 0.2) is 0 Å². The third kappa shape index (κ3) is 7.49. The van der Waals surface area contributed by atoms with Crippen LogP contribution in [0.5, 0.6) is 0 Å². The van der Waals surface area contributed by atoms with Crippen molar-refractivity contribution in [1.82, 2.24) is 18.3 Å². The van der Waals surface area contributed by atoms with E-state index in [9.17, 15) is 21.0 Å². The van der Waals surface area contributed by atoms with E-state index in [1.807, 2.05) is 19.1 Å². The van der Waals surface area contributed by atoms with Crippen LogP contribution in [0.3, 0.4) is 0 Å². The number of hydrogen-bond acceptors (Lipinski definition) is 4. The average molecular weight is 1250 g/mol. The Hall–Kier alpha value is -13.0. The summed E-state index contributed by atoms with van der Waals surface area (Å²) in [5.74, 6) is 0. The highest BCUT2D eigenvalue weighted by Gasteiger charge is 2.39. The van der Waals surface area contributed by atoms with E-state index in [-0.39, 0.29) is 5.41 Å². The number of rotatable bonds is 6. The third-order valence-corrected chi connectivity index (χ3v) is 22.1. The summed E-state index contributed by atoms with van der Waals surface area (Å²) in [6, 6.07) is 96.8. The lowest BCUT2D eigenvalue weighted by molar-refractivity contribution is 0.661. The second kappa shape index (κ2) is 20.3. The molecule has 0 fully saturated rings. The number of benzene rings is 13. The number of nitriles is 4. The Morgan fingerprint density at radius 3 is 1.21 bits per heavy atom. The lowest BCUT2D eigenvalue weighted by Gasteiger charge is -2.24. The molecule has 4 aromatic heterocycles. The zero-order valence-electron chi connectivity index (χ0n) is 54.7. The van der Waals surface area contributed by atoms with Gasteiger partial charge >= 0.3 is 0 Å². The van der Waals surface area contributed by atoms with Crippen molar-refractivity contribution in [2.75, 3.05) is 0 Å². The van der Waals surface area contributed by atoms with Gasteiger partial charge in [0.2, 0.25) is 0 Å². The fourth-order valence-electron chi connectivity index (χ4n) is 17.4. The lowest BCUT2D eigenvalue weighted by atomic mass is 9.81. The van der Waals surface area contributed by atoms with Crippen LogP contribution in [0, 0.1) is 59.2 Å². The quantitative estimate of drug-likeness (QED) is 0.165. The molecule has 17 aromatic rings. The van der Waals surface area contributed by atoms with Crippen molar-refractivity contribution >= 4 is 87.2 Å². The second-order valence-electron chi connectivity index (χ2n) is 27.7. The number of nitrogens with zero attached hydrogens (tertiary/aromatic N) is 8. The summed E-state index contributed by atoms with van der Waals surface area (Å²) in [4.78, 5) is 0. The highest BCUT2D eigenvalue weighted by Crippen LogP contribution is 2.55. The highest BCUT2D eigenvalue weighted by molar-refractivity contribution is 6.16. The molecule has 458 valence electrons. The van der Waals surface area contributed by atoms with Crippen LogP contribution in [-0.4, -0.2) is 18.3 Å². The Balaban J connectivity index is 0.746. The lowest BCUT2D eigenvalue weighted by Crippen LogP contribution is -2.15. The Morgan fingerprint density at radius 1 is 0.265 bits per heavy atom. The molecule has 0 unspecified atom stereocenters. The molecule has 0 bridgehead atoms. The Kier molecular flexibility index (Phi) is 11.7. The van der Waals surface area contributed by atoms with Crippen LogP contribution in [-0.2, 0) is 10.8 Å². The average Bonchev–Trinajstić information content (AvgIpc) is 1.53. The molecule has 0 aliphatic heterocycles. The largest absolute Gasteiger partial charge is 0.309 e. The second-order valence-corrected chi connectivity index (χ2v) is 27.7. The molecule has 98 heavy (non-hydrogen) atoms. The van der Waals surface area contributed by atoms with E-state index < -0.39 is 5.41 Å². The van der Waals surface area contributed by atoms with Crippen molar-refractivity contribution in [3.05, 3.63) is 298 Å². The molecule has 0 spiro atoms. The first-order valence-corrected chi connectivity index (χ1v) is 33.3. The van der Waals surface area contributed by atoms with E-state index in [0.717, 1.165) is 132 Å². The predicted octanol–water partition coefficient (Wildman–Crippen LogP) is 22.1. The fraction of sp³-hybridized carbons (Fsp3) is 0.0889. The van der Waals surface area contributed by atoms with Gasteiger partial charge in [0.1, 0.15) is 24.3 Å². The topological polar surface area (TPSA) is 115 Å². The van der Waals surface area contributed by atoms with Crippen LogP contribution < -0.4 is 0 Å². The van der Waals surface area contributed by atoms with E-state index in [1.165, 1.54) is 44.5 Å². The molecule has 2 aliphatic rings. The van der Waals surface area contributed by atoms with Crippen LogP contribution in [0.25, 0.3) is 154 Å². The first-order valence-electron chi connectivity index (χ1n) is 33.3. The molecule has 0 saturated carbocycles. The van der Waals surface area contributed by atoms with Gasteiger partial charge < -0.3 is 18.3 Å². The maximum atomic E-state index is 11.5. The molecule has 8 nitrogen and oxygen atoms in total. The van der Waals surface area contributed by atoms with Crippen LogP contribution in [0.4, 0.5) is 0 Å². The first-order chi connectivity index (χ1) is 47.8. The van der Waals surface area contributed by atoms with E-state index >= 15 is 0 Å². The molecule has 8 heteroatoms. The van der Waals surface area contributed by atoms with Crippen LogP contribution >= 0.6 is 0 Å². The first kappa shape index (κ1) is 56.6. The molecule has 2 aliphatic carbocycles. The standard InChI is InChI=1S/C90H58N8/c1-51-72(49-93)86(97-79-29-16-12-25-63(79)70-43-66-60-23-10-14-27-74(60)89(3,4)76(66)45-84(70)97)52(2)87(73(51)50-94)98-80-30-17-13-26-64(80)71-44-67-61-35-31-55(41-75(61)90(5,6)77(67)46-85(71)98)56-32-36-65-69-40-53(33-37-81(69)95(83(65)42-56)59-21-8-7-9-22-59)54-34-38-82-68(39-54)62-24-11-15-28-78(62)96(82)88-57(47-91)19-18-20-58(88)48-92/h7-46H,1-6H3. The minimum absolute atomic E-state index is 0.250. The van der Waals surface area contributed by atoms with Gasteiger partial charge in [0, 0.05) is 59.6 Å². The zero-order chi connectivity index (χ0) is 66.4. The summed E-state index contributed by atoms with van der Waals surface area (Å²) < 4.78 is 9.09. The number of fused-ring (bicyclic) bond motifs is 18. The van der Waals surface area contributed by atoms with Crippen LogP contribution in [0.1, 0.15) is 83.3 Å². The highest BCUT2D eigenvalue weighted by atomic mass is 15.0. The van der Waals surface area contributed by atoms with E-state index in [4.69, 9.17) is 0 Å². The molecule has 0 atom stereocenters. The van der Waals surface area contributed by atoms with Gasteiger partial charge in [-0.1, -0.05) is 167 Å². The number of aromatic nitrogens is 4. The molecular formula is C90H58N8. The van der Waals surface area contributed by atoms with Gasteiger partial charge in [-0.2, -0.15) is 21.0 Å². The summed E-state index contributed by atoms with van der Waals surface area (Å²) in [6.07, 6.45) is 0. The van der Waals surface area contributed by atoms with Gasteiger partial charge in [-0.15, -0.1) is 0 Å². The molecule has 0 radical (unpaired) electrons. The summed E-state index contributed by atoms with van der Waals surface area (Å²) in [5.41, 5.74) is 28.3. The zero-order valence-corrected chi connectivity index (χ0v) is 54.7. The minimum atomic E-state index is -0.427. The maximum absolute atomic E-state index is 11.5. The van der Waals surface area contributed by atoms with E-state index in [1.54, 1.807) is 18.2 Å². The molecule has 19 rings (SSSR count). The predicted molar refractivity (Wildman–Crippen MR) is 398 cm³/mol. The molecule has 0 amide bonds. The van der Waals surface area contributed by atoms with Crippen LogP contribution in [0.2, 0.25) is 0 Å². The maximum Gasteiger partial charge on any atom is 0.102 e. The van der Waals surface area contributed by atoms with E-state index in [2.05, 4.69) is 289 Å². The molecule has 0 saturated heterocycles. The third-order valence-electron chi connectivity index (χ3n) is 22.1. The fourth-order valence-corrected chi connectivity index (χ4v) is 17.4. The summed E-state index contributed by atoms with van der Waals surface area (Å²) in [6.45, 7) is 13.4. The number of hydrogen-bond donors (Lipinski definition) is 0. The van der Waals surface area contributed by atoms with Crippen molar-refractivity contribution in [2.24, 2.45) is 0 Å². The van der Waals surface area contributed by atoms with Crippen molar-refractivity contribution in [3.63, 3.8) is 0 Å². The van der Waals surface area contributed by atoms with E-state index in [0.29, 0.717) is 33.5 Å². The van der Waals surface area contributed by atoms with Crippen molar-refractivity contribution < 1.29 is 0 Å². The van der Waals surface area contributed by atoms with Crippen molar-refractivity contribution in [2.45, 2.75) is 52.4 Å². The summed E-state index contributed by atoms with van der Waals surface area (Å²) in [7, 11) is 0. The van der Waals surface area contributed by atoms with Crippen molar-refractivity contribution in [1.29, 1.82) is 21.0 Å². The molecule has 13 aromatic carbocycles. The summed E-state index contributed by atoms with van der Waals surface area (Å²) >= 11 is 0. The van der Waals surface area contributed by atoms with Crippen LogP contribution in [0.15, 0.2) is 243 Å². The smallest absolute Gasteiger partial charge is 0.102 e. The van der Waals surface area contributed by atoms with Gasteiger partial charge in [-0.3, -0.25) is 0 Å². The van der Waals surface area contributed by atoms with Gasteiger partial charge in [-0.05, 0) is 195 Å². The normalized spacial score (nSPS) is 13.3. The Morgan fingerprint density at radius 2 is 0.663 bits per heavy atom. The minimum Gasteiger partial charge on any atom is -0.309 e. The van der Waals surface area contributed by atoms with Gasteiger partial charge in [0.25, 0.3) is 0 Å². The Bertz CT molecular complexity index is 6650. The molecule has 4 heterocycles. The molecular weight excluding hydrogens is 1190 g/mol.